The van der Waals surface area contributed by atoms with Gasteiger partial charge in [-0.2, -0.15) is 0 Å². The van der Waals surface area contributed by atoms with Gasteiger partial charge in [-0.1, -0.05) is 0 Å². The molecule has 5 N–H and O–H groups in total. The van der Waals surface area contributed by atoms with Gasteiger partial charge >= 0.3 is 12.0 Å². The van der Waals surface area contributed by atoms with E-state index in [9.17, 15) is 19.8 Å². The Morgan fingerprint density at radius 2 is 2.13 bits per heavy atom. The maximum atomic E-state index is 12.3. The van der Waals surface area contributed by atoms with E-state index in [4.69, 9.17) is 10.2 Å². The molecule has 0 aromatic carbocycles. The lowest BCUT2D eigenvalue weighted by atomic mass is 10.0. The quantitative estimate of drug-likeness (QED) is 0.578. The van der Waals surface area contributed by atoms with Crippen molar-refractivity contribution in [2.75, 3.05) is 13.2 Å². The van der Waals surface area contributed by atoms with Gasteiger partial charge in [-0.05, 0) is 26.2 Å². The SMILES string of the molecule is C[C@H](N)c1nnc([C@H](CO)NC(=O)N2CCCC[C@H]2C(=O)O)o1. The molecule has 0 radical (unpaired) electrons. The molecule has 10 heteroatoms. The number of carbonyl (C=O) groups is 2. The van der Waals surface area contributed by atoms with Crippen LogP contribution in [0.5, 0.6) is 0 Å². The number of aliphatic hydroxyl groups excluding tert-OH is 1. The molecule has 1 aliphatic heterocycles. The fraction of sp³-hybridized carbons (Fsp3) is 0.692. The number of carboxylic acid groups (broad SMARTS) is 1. The van der Waals surface area contributed by atoms with Crippen molar-refractivity contribution in [1.82, 2.24) is 20.4 Å². The number of amides is 2. The van der Waals surface area contributed by atoms with Gasteiger partial charge in [0.25, 0.3) is 0 Å². The number of nitrogens with zero attached hydrogens (tertiary/aromatic N) is 3. The van der Waals surface area contributed by atoms with Gasteiger partial charge in [0, 0.05) is 6.54 Å². The number of piperidine rings is 1. The molecule has 1 aromatic heterocycles. The van der Waals surface area contributed by atoms with E-state index in [-0.39, 0.29) is 11.8 Å². The fourth-order valence-electron chi connectivity index (χ4n) is 2.42. The predicted molar refractivity (Wildman–Crippen MR) is 77.2 cm³/mol. The third-order valence-electron chi connectivity index (χ3n) is 3.67. The summed E-state index contributed by atoms with van der Waals surface area (Å²) in [5, 5.41) is 28.7. The summed E-state index contributed by atoms with van der Waals surface area (Å²) >= 11 is 0. The molecule has 3 atom stereocenters. The second-order valence-corrected chi connectivity index (χ2v) is 5.50. The Balaban J connectivity index is 2.07. The normalized spacial score (nSPS) is 20.8. The van der Waals surface area contributed by atoms with Crippen molar-refractivity contribution >= 4 is 12.0 Å². The number of aliphatic hydroxyl groups is 1. The van der Waals surface area contributed by atoms with Crippen molar-refractivity contribution in [1.29, 1.82) is 0 Å². The molecule has 0 spiro atoms. The van der Waals surface area contributed by atoms with Gasteiger partial charge in [-0.25, -0.2) is 9.59 Å². The van der Waals surface area contributed by atoms with E-state index in [2.05, 4.69) is 15.5 Å². The van der Waals surface area contributed by atoms with Crippen LogP contribution < -0.4 is 11.1 Å². The summed E-state index contributed by atoms with van der Waals surface area (Å²) in [6.45, 7) is 1.54. The van der Waals surface area contributed by atoms with Crippen LogP contribution in [0.4, 0.5) is 4.79 Å². The average Bonchev–Trinajstić information content (AvgIpc) is 3.02. The van der Waals surface area contributed by atoms with Crippen LogP contribution in [0.2, 0.25) is 0 Å². The first kappa shape index (κ1) is 17.2. The van der Waals surface area contributed by atoms with Crippen LogP contribution in [-0.2, 0) is 4.79 Å². The molecule has 1 fully saturated rings. The maximum Gasteiger partial charge on any atom is 0.326 e. The first-order valence-electron chi connectivity index (χ1n) is 7.43. The van der Waals surface area contributed by atoms with Crippen LogP contribution in [-0.4, -0.2) is 56.5 Å². The topological polar surface area (TPSA) is 155 Å². The summed E-state index contributed by atoms with van der Waals surface area (Å²) in [6, 6.07) is -2.84. The summed E-state index contributed by atoms with van der Waals surface area (Å²) in [5.41, 5.74) is 5.62. The molecule has 1 aliphatic rings. The van der Waals surface area contributed by atoms with E-state index in [0.717, 1.165) is 12.8 Å². The lowest BCUT2D eigenvalue weighted by molar-refractivity contribution is -0.143. The highest BCUT2D eigenvalue weighted by Gasteiger charge is 2.33. The molecular formula is C13H21N5O5. The van der Waals surface area contributed by atoms with Crippen LogP contribution in [0, 0.1) is 0 Å². The van der Waals surface area contributed by atoms with Crippen molar-refractivity contribution in [3.8, 4) is 0 Å². The Hall–Kier alpha value is -2.20. The highest BCUT2D eigenvalue weighted by molar-refractivity contribution is 5.83. The number of likely N-dealkylation sites (tertiary alicyclic amines) is 1. The van der Waals surface area contributed by atoms with Crippen LogP contribution in [0.3, 0.4) is 0 Å². The number of hydrogen-bond donors (Lipinski definition) is 4. The monoisotopic (exact) mass is 327 g/mol. The van der Waals surface area contributed by atoms with Crippen LogP contribution in [0.15, 0.2) is 4.42 Å². The summed E-state index contributed by atoms with van der Waals surface area (Å²) in [7, 11) is 0. The molecule has 1 aromatic rings. The number of nitrogens with one attached hydrogen (secondary N) is 1. The van der Waals surface area contributed by atoms with Crippen LogP contribution in [0.25, 0.3) is 0 Å². The van der Waals surface area contributed by atoms with Crippen molar-refractivity contribution in [3.05, 3.63) is 11.8 Å². The number of carbonyl (C=O) groups excluding carboxylic acids is 1. The van der Waals surface area contributed by atoms with Crippen molar-refractivity contribution in [2.24, 2.45) is 5.73 Å². The number of nitrogens with two attached hydrogens (primary N) is 1. The minimum atomic E-state index is -1.04. The molecule has 2 heterocycles. The Labute approximate surface area is 132 Å². The van der Waals surface area contributed by atoms with E-state index >= 15 is 0 Å². The minimum absolute atomic E-state index is 0.0250. The molecule has 1 saturated heterocycles. The third kappa shape index (κ3) is 3.96. The van der Waals surface area contributed by atoms with Gasteiger partial charge in [0.2, 0.25) is 11.8 Å². The summed E-state index contributed by atoms with van der Waals surface area (Å²) in [6.07, 6.45) is 1.89. The molecule has 10 nitrogen and oxygen atoms in total. The molecular weight excluding hydrogens is 306 g/mol. The van der Waals surface area contributed by atoms with Crippen molar-refractivity contribution in [2.45, 2.75) is 44.3 Å². The van der Waals surface area contributed by atoms with Gasteiger partial charge in [0.15, 0.2) is 0 Å². The van der Waals surface area contributed by atoms with Crippen molar-refractivity contribution < 1.29 is 24.2 Å². The molecule has 23 heavy (non-hydrogen) atoms. The van der Waals surface area contributed by atoms with E-state index in [1.54, 1.807) is 6.92 Å². The minimum Gasteiger partial charge on any atom is -0.480 e. The Kier molecular flexibility index (Phi) is 5.50. The van der Waals surface area contributed by atoms with Gasteiger partial charge in [-0.15, -0.1) is 10.2 Å². The van der Waals surface area contributed by atoms with Crippen molar-refractivity contribution in [3.63, 3.8) is 0 Å². The number of urea groups is 1. The molecule has 128 valence electrons. The average molecular weight is 327 g/mol. The maximum absolute atomic E-state index is 12.3. The smallest absolute Gasteiger partial charge is 0.326 e. The number of carboxylic acids is 1. The van der Waals surface area contributed by atoms with Gasteiger partial charge in [-0.3, -0.25) is 0 Å². The summed E-state index contributed by atoms with van der Waals surface area (Å²) in [5.74, 6) is -0.830. The molecule has 0 bridgehead atoms. The number of aliphatic carboxylic acids is 1. The zero-order chi connectivity index (χ0) is 17.0. The lowest BCUT2D eigenvalue weighted by Gasteiger charge is -2.33. The number of rotatable bonds is 5. The summed E-state index contributed by atoms with van der Waals surface area (Å²) in [4.78, 5) is 24.8. The highest BCUT2D eigenvalue weighted by atomic mass is 16.4. The molecule has 0 unspecified atom stereocenters. The highest BCUT2D eigenvalue weighted by Crippen LogP contribution is 2.19. The zero-order valence-electron chi connectivity index (χ0n) is 12.8. The van der Waals surface area contributed by atoms with E-state index in [1.807, 2.05) is 0 Å². The van der Waals surface area contributed by atoms with Gasteiger partial charge in [0.05, 0.1) is 12.6 Å². The fourth-order valence-corrected chi connectivity index (χ4v) is 2.42. The molecule has 2 amide bonds. The largest absolute Gasteiger partial charge is 0.480 e. The Morgan fingerprint density at radius 3 is 2.70 bits per heavy atom. The summed E-state index contributed by atoms with van der Waals surface area (Å²) < 4.78 is 5.30. The number of aromatic nitrogens is 2. The molecule has 0 aliphatic carbocycles. The van der Waals surface area contributed by atoms with E-state index in [0.29, 0.717) is 13.0 Å². The van der Waals surface area contributed by atoms with Gasteiger partial charge in [0.1, 0.15) is 12.1 Å². The lowest BCUT2D eigenvalue weighted by Crippen LogP contribution is -2.52. The standard InChI is InChI=1S/C13H21N5O5/c1-7(14)10-16-17-11(23-10)8(6-19)15-13(22)18-5-3-2-4-9(18)12(20)21/h7-9,19H,2-6,14H2,1H3,(H,15,22)(H,20,21)/t7-,8-,9-/m0/s1. The van der Waals surface area contributed by atoms with Crippen LogP contribution >= 0.6 is 0 Å². The predicted octanol–water partition coefficient (Wildman–Crippen LogP) is -0.229. The van der Waals surface area contributed by atoms with Crippen LogP contribution in [0.1, 0.15) is 50.1 Å². The second-order valence-electron chi connectivity index (χ2n) is 5.50. The Bertz CT molecular complexity index is 561. The molecule has 0 saturated carbocycles. The first-order chi connectivity index (χ1) is 10.9. The second kappa shape index (κ2) is 7.38. The zero-order valence-corrected chi connectivity index (χ0v) is 12.8. The Morgan fingerprint density at radius 1 is 1.43 bits per heavy atom. The third-order valence-corrected chi connectivity index (χ3v) is 3.67. The molecule has 2 rings (SSSR count). The first-order valence-corrected chi connectivity index (χ1v) is 7.43. The van der Waals surface area contributed by atoms with E-state index < -0.39 is 36.7 Å². The number of hydrogen-bond acceptors (Lipinski definition) is 7. The van der Waals surface area contributed by atoms with E-state index in [1.165, 1.54) is 4.90 Å². The van der Waals surface area contributed by atoms with Gasteiger partial charge < -0.3 is 30.6 Å².